The van der Waals surface area contributed by atoms with Crippen molar-refractivity contribution in [2.45, 2.75) is 12.3 Å². The summed E-state index contributed by atoms with van der Waals surface area (Å²) in [5.74, 6) is 3.86. The Morgan fingerprint density at radius 3 is 3.33 bits per heavy atom. The molecule has 3 rings (SSSR count). The number of H-pyrrole nitrogens is 1. The number of hydrogen-bond donors (Lipinski definition) is 1. The van der Waals surface area contributed by atoms with Gasteiger partial charge in [0.15, 0.2) is 11.1 Å². The SMILES string of the molecule is O=c1ccn2[nH]c(C3CCSC3)nc2c1. The first-order valence-electron chi connectivity index (χ1n) is 4.99. The zero-order valence-electron chi connectivity index (χ0n) is 8.14. The van der Waals surface area contributed by atoms with Gasteiger partial charge < -0.3 is 0 Å². The normalized spacial score (nSPS) is 21.2. The summed E-state index contributed by atoms with van der Waals surface area (Å²) < 4.78 is 1.81. The van der Waals surface area contributed by atoms with Crippen molar-refractivity contribution in [3.05, 3.63) is 34.4 Å². The average molecular weight is 221 g/mol. The van der Waals surface area contributed by atoms with E-state index in [9.17, 15) is 4.79 Å². The molecule has 0 radical (unpaired) electrons. The molecule has 0 saturated carbocycles. The van der Waals surface area contributed by atoms with Gasteiger partial charge in [-0.25, -0.2) is 9.50 Å². The van der Waals surface area contributed by atoms with Gasteiger partial charge in [-0.2, -0.15) is 11.8 Å². The highest BCUT2D eigenvalue weighted by Crippen LogP contribution is 2.30. The van der Waals surface area contributed by atoms with Crippen molar-refractivity contribution in [1.82, 2.24) is 14.6 Å². The minimum absolute atomic E-state index is 0.00819. The van der Waals surface area contributed by atoms with Gasteiger partial charge >= 0.3 is 0 Å². The van der Waals surface area contributed by atoms with E-state index in [4.69, 9.17) is 0 Å². The number of aromatic amines is 1. The first kappa shape index (κ1) is 9.03. The molecular formula is C10H11N3OS. The second-order valence-electron chi connectivity index (χ2n) is 3.76. The van der Waals surface area contributed by atoms with Gasteiger partial charge in [0.25, 0.3) is 0 Å². The zero-order valence-corrected chi connectivity index (χ0v) is 8.96. The van der Waals surface area contributed by atoms with Crippen LogP contribution in [0.1, 0.15) is 18.2 Å². The Balaban J connectivity index is 2.09. The van der Waals surface area contributed by atoms with Crippen LogP contribution in [0.15, 0.2) is 23.1 Å². The Labute approximate surface area is 90.7 Å². The van der Waals surface area contributed by atoms with E-state index >= 15 is 0 Å². The molecule has 0 spiro atoms. The molecule has 5 heteroatoms. The third kappa shape index (κ3) is 1.56. The highest BCUT2D eigenvalue weighted by Gasteiger charge is 2.20. The standard InChI is InChI=1S/C10H11N3OS/c14-8-1-3-13-9(5-8)11-10(12-13)7-2-4-15-6-7/h1,3,5,7H,2,4,6H2,(H,11,12). The number of nitrogens with zero attached hydrogens (tertiary/aromatic N) is 2. The van der Waals surface area contributed by atoms with E-state index in [1.165, 1.54) is 12.2 Å². The van der Waals surface area contributed by atoms with Gasteiger partial charge in [-0.1, -0.05) is 0 Å². The third-order valence-corrected chi connectivity index (χ3v) is 3.85. The maximum absolute atomic E-state index is 11.1. The lowest BCUT2D eigenvalue weighted by Gasteiger charge is -2.00. The maximum Gasteiger partial charge on any atom is 0.183 e. The smallest absolute Gasteiger partial charge is 0.183 e. The monoisotopic (exact) mass is 221 g/mol. The van der Waals surface area contributed by atoms with Crippen LogP contribution in [0, 0.1) is 0 Å². The number of pyridine rings is 1. The van der Waals surface area contributed by atoms with E-state index < -0.39 is 0 Å². The molecule has 78 valence electrons. The van der Waals surface area contributed by atoms with E-state index in [1.54, 1.807) is 22.8 Å². The molecular weight excluding hydrogens is 210 g/mol. The molecule has 1 aliphatic rings. The van der Waals surface area contributed by atoms with Crippen molar-refractivity contribution in [1.29, 1.82) is 0 Å². The summed E-state index contributed by atoms with van der Waals surface area (Å²) in [6.45, 7) is 0. The second kappa shape index (κ2) is 3.41. The molecule has 0 aromatic carbocycles. The Hall–Kier alpha value is -1.23. The van der Waals surface area contributed by atoms with Crippen molar-refractivity contribution in [3.8, 4) is 0 Å². The van der Waals surface area contributed by atoms with Crippen LogP contribution < -0.4 is 5.43 Å². The lowest BCUT2D eigenvalue weighted by atomic mass is 10.1. The molecule has 1 atom stereocenters. The quantitative estimate of drug-likeness (QED) is 0.788. The highest BCUT2D eigenvalue weighted by molar-refractivity contribution is 7.99. The predicted octanol–water partition coefficient (Wildman–Crippen LogP) is 1.24. The molecule has 2 aromatic heterocycles. The van der Waals surface area contributed by atoms with Crippen LogP contribution in [0.3, 0.4) is 0 Å². The van der Waals surface area contributed by atoms with Crippen LogP contribution in [0.4, 0.5) is 0 Å². The summed E-state index contributed by atoms with van der Waals surface area (Å²) >= 11 is 1.96. The number of nitrogens with one attached hydrogen (secondary N) is 1. The molecule has 1 N–H and O–H groups in total. The van der Waals surface area contributed by atoms with Crippen LogP contribution in [0.25, 0.3) is 5.65 Å². The third-order valence-electron chi connectivity index (χ3n) is 2.69. The van der Waals surface area contributed by atoms with Crippen LogP contribution in [-0.4, -0.2) is 26.1 Å². The zero-order chi connectivity index (χ0) is 10.3. The topological polar surface area (TPSA) is 50.2 Å². The van der Waals surface area contributed by atoms with Crippen molar-refractivity contribution < 1.29 is 0 Å². The Morgan fingerprint density at radius 1 is 1.60 bits per heavy atom. The number of aromatic nitrogens is 3. The van der Waals surface area contributed by atoms with Crippen molar-refractivity contribution in [3.63, 3.8) is 0 Å². The van der Waals surface area contributed by atoms with Gasteiger partial charge in [-0.3, -0.25) is 9.89 Å². The number of fused-ring (bicyclic) bond motifs is 1. The Bertz CT molecular complexity index is 539. The summed E-state index contributed by atoms with van der Waals surface area (Å²) in [5, 5.41) is 3.22. The fourth-order valence-corrected chi connectivity index (χ4v) is 3.08. The number of thioether (sulfide) groups is 1. The van der Waals surface area contributed by atoms with E-state index in [0.29, 0.717) is 5.92 Å². The fraction of sp³-hybridized carbons (Fsp3) is 0.400. The average Bonchev–Trinajstić information content (AvgIpc) is 2.84. The van der Waals surface area contributed by atoms with Gasteiger partial charge in [0, 0.05) is 30.0 Å². The van der Waals surface area contributed by atoms with E-state index in [-0.39, 0.29) is 5.43 Å². The lowest BCUT2D eigenvalue weighted by Crippen LogP contribution is -2.00. The van der Waals surface area contributed by atoms with E-state index in [2.05, 4.69) is 10.1 Å². The molecule has 1 saturated heterocycles. The van der Waals surface area contributed by atoms with Gasteiger partial charge in [-0.05, 0) is 12.2 Å². The Kier molecular flexibility index (Phi) is 2.05. The molecule has 15 heavy (non-hydrogen) atoms. The largest absolute Gasteiger partial charge is 0.290 e. The van der Waals surface area contributed by atoms with Gasteiger partial charge in [-0.15, -0.1) is 0 Å². The molecule has 2 aromatic rings. The summed E-state index contributed by atoms with van der Waals surface area (Å²) in [4.78, 5) is 15.6. The highest BCUT2D eigenvalue weighted by atomic mass is 32.2. The molecule has 3 heterocycles. The van der Waals surface area contributed by atoms with Gasteiger partial charge in [0.05, 0.1) is 0 Å². The van der Waals surface area contributed by atoms with Crippen LogP contribution in [0.5, 0.6) is 0 Å². The summed E-state index contributed by atoms with van der Waals surface area (Å²) in [7, 11) is 0. The molecule has 0 aliphatic carbocycles. The van der Waals surface area contributed by atoms with E-state index in [0.717, 1.165) is 17.2 Å². The molecule has 0 amide bonds. The Morgan fingerprint density at radius 2 is 2.53 bits per heavy atom. The summed E-state index contributed by atoms with van der Waals surface area (Å²) in [6, 6.07) is 3.10. The second-order valence-corrected chi connectivity index (χ2v) is 4.91. The molecule has 1 fully saturated rings. The van der Waals surface area contributed by atoms with Crippen molar-refractivity contribution in [2.75, 3.05) is 11.5 Å². The molecule has 1 aliphatic heterocycles. The molecule has 4 nitrogen and oxygen atoms in total. The lowest BCUT2D eigenvalue weighted by molar-refractivity contribution is 0.713. The minimum atomic E-state index is 0.00819. The molecule has 0 bridgehead atoms. The summed E-state index contributed by atoms with van der Waals surface area (Å²) in [5.41, 5.74) is 0.725. The minimum Gasteiger partial charge on any atom is -0.290 e. The molecule has 1 unspecified atom stereocenters. The fourth-order valence-electron chi connectivity index (χ4n) is 1.85. The maximum atomic E-state index is 11.1. The predicted molar refractivity (Wildman–Crippen MR) is 60.5 cm³/mol. The van der Waals surface area contributed by atoms with Crippen molar-refractivity contribution >= 4 is 17.4 Å². The van der Waals surface area contributed by atoms with Crippen LogP contribution >= 0.6 is 11.8 Å². The number of rotatable bonds is 1. The van der Waals surface area contributed by atoms with Crippen LogP contribution in [0.2, 0.25) is 0 Å². The first-order chi connectivity index (χ1) is 7.33. The summed E-state index contributed by atoms with van der Waals surface area (Å²) in [6.07, 6.45) is 2.91. The van der Waals surface area contributed by atoms with Gasteiger partial charge in [0.2, 0.25) is 0 Å². The van der Waals surface area contributed by atoms with Gasteiger partial charge in [0.1, 0.15) is 5.82 Å². The first-order valence-corrected chi connectivity index (χ1v) is 6.14. The van der Waals surface area contributed by atoms with E-state index in [1.807, 2.05) is 11.8 Å². The number of hydrogen-bond acceptors (Lipinski definition) is 3. The van der Waals surface area contributed by atoms with Crippen LogP contribution in [-0.2, 0) is 0 Å². The van der Waals surface area contributed by atoms with Crippen molar-refractivity contribution in [2.24, 2.45) is 0 Å².